The number of hydrogen-bond donors (Lipinski definition) is 2. The molecule has 0 bridgehead atoms. The average molecular weight is 367 g/mol. The van der Waals surface area contributed by atoms with Crippen molar-refractivity contribution < 1.29 is 14.3 Å². The SMILES string of the molecule is CCCCc1cc(NC(=O)c2ccccc2OC)n2cnc(C(N)=O)c2n1. The van der Waals surface area contributed by atoms with Crippen LogP contribution in [0.2, 0.25) is 0 Å². The number of ether oxygens (including phenoxy) is 1. The summed E-state index contributed by atoms with van der Waals surface area (Å²) in [5, 5.41) is 2.86. The predicted molar refractivity (Wildman–Crippen MR) is 101 cm³/mol. The fourth-order valence-corrected chi connectivity index (χ4v) is 2.79. The van der Waals surface area contributed by atoms with Crippen LogP contribution >= 0.6 is 0 Å². The lowest BCUT2D eigenvalue weighted by atomic mass is 10.1. The molecule has 3 rings (SSSR count). The lowest BCUT2D eigenvalue weighted by molar-refractivity contribution is 0.0995. The molecule has 27 heavy (non-hydrogen) atoms. The van der Waals surface area contributed by atoms with E-state index in [1.807, 2.05) is 0 Å². The van der Waals surface area contributed by atoms with E-state index in [1.165, 1.54) is 13.4 Å². The van der Waals surface area contributed by atoms with E-state index in [-0.39, 0.29) is 11.6 Å². The predicted octanol–water partition coefficient (Wildman–Crippen LogP) is 2.43. The first kappa shape index (κ1) is 18.4. The van der Waals surface area contributed by atoms with E-state index >= 15 is 0 Å². The van der Waals surface area contributed by atoms with Crippen LogP contribution in [0.15, 0.2) is 36.7 Å². The summed E-state index contributed by atoms with van der Waals surface area (Å²) in [4.78, 5) is 32.9. The molecule has 2 aromatic heterocycles. The number of methoxy groups -OCH3 is 1. The molecule has 0 atom stereocenters. The van der Waals surface area contributed by atoms with Crippen molar-refractivity contribution in [2.75, 3.05) is 12.4 Å². The third kappa shape index (κ3) is 3.74. The summed E-state index contributed by atoms with van der Waals surface area (Å²) in [5.41, 5.74) is 6.94. The summed E-state index contributed by atoms with van der Waals surface area (Å²) in [6, 6.07) is 8.72. The standard InChI is InChI=1S/C19H21N5O3/c1-3-4-7-12-10-15(24-11-21-16(17(20)25)18(24)22-12)23-19(26)13-8-5-6-9-14(13)27-2/h5-6,8-11H,3-4,7H2,1-2H3,(H2,20,25)(H,23,26). The van der Waals surface area contributed by atoms with E-state index < -0.39 is 5.91 Å². The molecule has 0 radical (unpaired) electrons. The number of carbonyl (C=O) groups is 2. The van der Waals surface area contributed by atoms with Gasteiger partial charge in [0.1, 0.15) is 17.9 Å². The number of carbonyl (C=O) groups excluding carboxylic acids is 2. The van der Waals surface area contributed by atoms with Crippen LogP contribution in [0.25, 0.3) is 5.65 Å². The second kappa shape index (κ2) is 7.86. The zero-order valence-electron chi connectivity index (χ0n) is 15.2. The Kier molecular flexibility index (Phi) is 5.35. The minimum atomic E-state index is -0.667. The van der Waals surface area contributed by atoms with Gasteiger partial charge >= 0.3 is 0 Å². The van der Waals surface area contributed by atoms with Crippen molar-refractivity contribution in [3.05, 3.63) is 53.6 Å². The zero-order valence-corrected chi connectivity index (χ0v) is 15.2. The Morgan fingerprint density at radius 1 is 1.30 bits per heavy atom. The van der Waals surface area contributed by atoms with Crippen LogP contribution in [0.1, 0.15) is 46.3 Å². The van der Waals surface area contributed by atoms with Crippen LogP contribution in [0.3, 0.4) is 0 Å². The molecule has 8 nitrogen and oxygen atoms in total. The van der Waals surface area contributed by atoms with E-state index in [0.717, 1.165) is 18.5 Å². The first-order valence-electron chi connectivity index (χ1n) is 8.66. The first-order chi connectivity index (χ1) is 13.0. The van der Waals surface area contributed by atoms with Crippen molar-refractivity contribution in [3.8, 4) is 5.75 Å². The number of rotatable bonds is 7. The number of nitrogens with one attached hydrogen (secondary N) is 1. The maximum absolute atomic E-state index is 12.8. The van der Waals surface area contributed by atoms with Gasteiger partial charge in [0.15, 0.2) is 11.3 Å². The molecule has 2 amide bonds. The maximum Gasteiger partial charge on any atom is 0.271 e. The van der Waals surface area contributed by atoms with E-state index in [0.29, 0.717) is 29.2 Å². The number of para-hydroxylation sites is 1. The topological polar surface area (TPSA) is 112 Å². The summed E-state index contributed by atoms with van der Waals surface area (Å²) in [6.07, 6.45) is 4.07. The van der Waals surface area contributed by atoms with Gasteiger partial charge in [0, 0.05) is 11.8 Å². The number of fused-ring (bicyclic) bond motifs is 1. The lowest BCUT2D eigenvalue weighted by Gasteiger charge is -2.12. The molecule has 0 aliphatic rings. The number of nitrogens with zero attached hydrogens (tertiary/aromatic N) is 3. The molecule has 140 valence electrons. The van der Waals surface area contributed by atoms with Crippen molar-refractivity contribution in [1.29, 1.82) is 0 Å². The molecular weight excluding hydrogens is 346 g/mol. The number of imidazole rings is 1. The number of aryl methyl sites for hydroxylation is 1. The van der Waals surface area contributed by atoms with Gasteiger partial charge in [-0.1, -0.05) is 25.5 Å². The average Bonchev–Trinajstić information content (AvgIpc) is 3.10. The van der Waals surface area contributed by atoms with Gasteiger partial charge in [-0.25, -0.2) is 9.97 Å². The molecule has 0 saturated carbocycles. The Morgan fingerprint density at radius 2 is 2.07 bits per heavy atom. The van der Waals surface area contributed by atoms with Gasteiger partial charge in [0.2, 0.25) is 0 Å². The molecule has 2 heterocycles. The van der Waals surface area contributed by atoms with Gasteiger partial charge < -0.3 is 15.8 Å². The maximum atomic E-state index is 12.8. The molecule has 0 aliphatic heterocycles. The molecule has 0 saturated heterocycles. The summed E-state index contributed by atoms with van der Waals surface area (Å²) in [7, 11) is 1.51. The smallest absolute Gasteiger partial charge is 0.271 e. The van der Waals surface area contributed by atoms with E-state index in [2.05, 4.69) is 22.2 Å². The van der Waals surface area contributed by atoms with Gasteiger partial charge in [-0.2, -0.15) is 0 Å². The summed E-state index contributed by atoms with van der Waals surface area (Å²) >= 11 is 0. The van der Waals surface area contributed by atoms with Crippen molar-refractivity contribution in [2.24, 2.45) is 5.73 Å². The minimum Gasteiger partial charge on any atom is -0.496 e. The summed E-state index contributed by atoms with van der Waals surface area (Å²) in [5.74, 6) is -0.0765. The number of unbranched alkanes of at least 4 members (excludes halogenated alkanes) is 1. The van der Waals surface area contributed by atoms with Crippen LogP contribution < -0.4 is 15.8 Å². The molecule has 3 N–H and O–H groups in total. The molecule has 0 aliphatic carbocycles. The van der Waals surface area contributed by atoms with Crippen molar-refractivity contribution in [1.82, 2.24) is 14.4 Å². The number of amides is 2. The number of aromatic nitrogens is 3. The molecule has 0 spiro atoms. The van der Waals surface area contributed by atoms with Crippen LogP contribution in [-0.2, 0) is 6.42 Å². The molecule has 3 aromatic rings. The van der Waals surface area contributed by atoms with Crippen LogP contribution in [0.5, 0.6) is 5.75 Å². The van der Waals surface area contributed by atoms with Gasteiger partial charge in [-0.05, 0) is 25.0 Å². The Bertz CT molecular complexity index is 996. The van der Waals surface area contributed by atoms with Gasteiger partial charge in [-0.3, -0.25) is 14.0 Å². The summed E-state index contributed by atoms with van der Waals surface area (Å²) in [6.45, 7) is 2.08. The second-order valence-corrected chi connectivity index (χ2v) is 6.04. The number of benzene rings is 1. The minimum absolute atomic E-state index is 0.0705. The van der Waals surface area contributed by atoms with Crippen LogP contribution in [0.4, 0.5) is 5.82 Å². The van der Waals surface area contributed by atoms with Crippen molar-refractivity contribution in [2.45, 2.75) is 26.2 Å². The highest BCUT2D eigenvalue weighted by Crippen LogP contribution is 2.21. The van der Waals surface area contributed by atoms with Gasteiger partial charge in [0.05, 0.1) is 12.7 Å². The number of nitrogens with two attached hydrogens (primary N) is 1. The third-order valence-corrected chi connectivity index (χ3v) is 4.17. The fourth-order valence-electron chi connectivity index (χ4n) is 2.79. The van der Waals surface area contributed by atoms with Gasteiger partial charge in [-0.15, -0.1) is 0 Å². The van der Waals surface area contributed by atoms with Crippen LogP contribution in [-0.4, -0.2) is 33.3 Å². The molecule has 0 fully saturated rings. The molecule has 1 aromatic carbocycles. The largest absolute Gasteiger partial charge is 0.496 e. The number of anilines is 1. The third-order valence-electron chi connectivity index (χ3n) is 4.17. The van der Waals surface area contributed by atoms with Crippen molar-refractivity contribution >= 4 is 23.3 Å². The fraction of sp³-hybridized carbons (Fsp3) is 0.263. The van der Waals surface area contributed by atoms with Gasteiger partial charge in [0.25, 0.3) is 11.8 Å². The Morgan fingerprint density at radius 3 is 2.78 bits per heavy atom. The Balaban J connectivity index is 2.04. The monoisotopic (exact) mass is 367 g/mol. The summed E-state index contributed by atoms with van der Waals surface area (Å²) < 4.78 is 6.80. The van der Waals surface area contributed by atoms with E-state index in [1.54, 1.807) is 34.7 Å². The van der Waals surface area contributed by atoms with Crippen molar-refractivity contribution in [3.63, 3.8) is 0 Å². The van der Waals surface area contributed by atoms with E-state index in [4.69, 9.17) is 10.5 Å². The lowest BCUT2D eigenvalue weighted by Crippen LogP contribution is -2.17. The molecule has 8 heteroatoms. The number of primary amides is 1. The first-order valence-corrected chi connectivity index (χ1v) is 8.66. The highest BCUT2D eigenvalue weighted by molar-refractivity contribution is 6.06. The molecular formula is C19H21N5O3. The number of hydrogen-bond acceptors (Lipinski definition) is 5. The molecule has 0 unspecified atom stereocenters. The van der Waals surface area contributed by atoms with Crippen LogP contribution in [0, 0.1) is 0 Å². The second-order valence-electron chi connectivity index (χ2n) is 6.04. The Labute approximate surface area is 156 Å². The normalized spacial score (nSPS) is 10.7. The highest BCUT2D eigenvalue weighted by Gasteiger charge is 2.18. The zero-order chi connectivity index (χ0) is 19.4. The Hall–Kier alpha value is -3.42. The van der Waals surface area contributed by atoms with E-state index in [9.17, 15) is 9.59 Å². The highest BCUT2D eigenvalue weighted by atomic mass is 16.5. The quantitative estimate of drug-likeness (QED) is 0.666.